The van der Waals surface area contributed by atoms with Crippen LogP contribution in [0.4, 0.5) is 5.69 Å². The molecule has 1 aliphatic heterocycles. The van der Waals surface area contributed by atoms with Gasteiger partial charge in [-0.3, -0.25) is 4.99 Å². The normalized spacial score (nSPS) is 16.8. The monoisotopic (exact) mass is 429 g/mol. The first-order valence-corrected chi connectivity index (χ1v) is 10.6. The Bertz CT molecular complexity index is 853. The second-order valence-electron chi connectivity index (χ2n) is 7.87. The molecule has 30 heavy (non-hydrogen) atoms. The molecule has 2 aromatic rings. The van der Waals surface area contributed by atoms with Gasteiger partial charge in [-0.2, -0.15) is 0 Å². The smallest absolute Gasteiger partial charge is 0.191 e. The highest BCUT2D eigenvalue weighted by Gasteiger charge is 2.25. The highest BCUT2D eigenvalue weighted by Crippen LogP contribution is 2.33. The van der Waals surface area contributed by atoms with Crippen molar-refractivity contribution >= 4 is 23.2 Å². The topological polar surface area (TPSA) is 52.1 Å². The number of aliphatic imine (C=N–C) groups is 1. The molecule has 1 atom stereocenters. The summed E-state index contributed by atoms with van der Waals surface area (Å²) in [6.45, 7) is 3.50. The standard InChI is InChI=1S/C23H32ClN5O/c1-25-23(26-14-17-5-7-18(8-6-17)15-28(2)3)27-20-11-12-29(16-20)21-13-19(24)9-10-22(21)30-4/h5-10,13,20H,11-12,14-16H2,1-4H3,(H2,25,26,27). The van der Waals surface area contributed by atoms with Crippen LogP contribution < -0.4 is 20.3 Å². The molecule has 0 aliphatic carbocycles. The number of guanidine groups is 1. The molecule has 7 heteroatoms. The van der Waals surface area contributed by atoms with Crippen LogP contribution in [-0.4, -0.2) is 58.2 Å². The van der Waals surface area contributed by atoms with Gasteiger partial charge in [-0.05, 0) is 49.8 Å². The highest BCUT2D eigenvalue weighted by atomic mass is 35.5. The number of nitrogens with one attached hydrogen (secondary N) is 2. The van der Waals surface area contributed by atoms with Crippen molar-refractivity contribution in [2.45, 2.75) is 25.6 Å². The average molecular weight is 430 g/mol. The van der Waals surface area contributed by atoms with Crippen LogP contribution >= 0.6 is 11.6 Å². The molecule has 1 saturated heterocycles. The zero-order valence-corrected chi connectivity index (χ0v) is 19.0. The van der Waals surface area contributed by atoms with Crippen molar-refractivity contribution in [3.05, 3.63) is 58.6 Å². The van der Waals surface area contributed by atoms with E-state index in [2.05, 4.69) is 63.8 Å². The minimum atomic E-state index is 0.308. The molecule has 2 aromatic carbocycles. The zero-order valence-electron chi connectivity index (χ0n) is 18.3. The van der Waals surface area contributed by atoms with Crippen molar-refractivity contribution in [2.24, 2.45) is 4.99 Å². The Morgan fingerprint density at radius 2 is 1.93 bits per heavy atom. The Morgan fingerprint density at radius 3 is 2.60 bits per heavy atom. The number of halogens is 1. The predicted molar refractivity (Wildman–Crippen MR) is 126 cm³/mol. The fraction of sp³-hybridized carbons (Fsp3) is 0.435. The Morgan fingerprint density at radius 1 is 1.20 bits per heavy atom. The van der Waals surface area contributed by atoms with Crippen molar-refractivity contribution in [3.63, 3.8) is 0 Å². The quantitative estimate of drug-likeness (QED) is 0.522. The molecule has 1 aliphatic rings. The third kappa shape index (κ3) is 6.03. The van der Waals surface area contributed by atoms with E-state index in [1.54, 1.807) is 7.11 Å². The zero-order chi connectivity index (χ0) is 21.5. The predicted octanol–water partition coefficient (Wildman–Crippen LogP) is 3.35. The molecule has 3 rings (SSSR count). The minimum absolute atomic E-state index is 0.308. The van der Waals surface area contributed by atoms with Gasteiger partial charge in [-0.15, -0.1) is 0 Å². The van der Waals surface area contributed by atoms with Crippen LogP contribution in [0.2, 0.25) is 5.02 Å². The van der Waals surface area contributed by atoms with Gasteiger partial charge in [-0.1, -0.05) is 35.9 Å². The first-order valence-electron chi connectivity index (χ1n) is 10.3. The van der Waals surface area contributed by atoms with Crippen LogP contribution in [0.5, 0.6) is 5.75 Å². The number of rotatable bonds is 7. The van der Waals surface area contributed by atoms with Crippen LogP contribution in [-0.2, 0) is 13.1 Å². The number of ether oxygens (including phenoxy) is 1. The van der Waals surface area contributed by atoms with Crippen LogP contribution in [0.25, 0.3) is 0 Å². The van der Waals surface area contributed by atoms with Crippen LogP contribution in [0.1, 0.15) is 17.5 Å². The van der Waals surface area contributed by atoms with Crippen molar-refractivity contribution in [2.75, 3.05) is 46.2 Å². The fourth-order valence-corrected chi connectivity index (χ4v) is 3.87. The van der Waals surface area contributed by atoms with E-state index in [0.29, 0.717) is 6.04 Å². The number of hydrogen-bond acceptors (Lipinski definition) is 4. The van der Waals surface area contributed by atoms with E-state index >= 15 is 0 Å². The van der Waals surface area contributed by atoms with Gasteiger partial charge in [0.1, 0.15) is 5.75 Å². The maximum absolute atomic E-state index is 6.20. The maximum atomic E-state index is 6.20. The second-order valence-corrected chi connectivity index (χ2v) is 8.31. The molecule has 6 nitrogen and oxygen atoms in total. The lowest BCUT2D eigenvalue weighted by molar-refractivity contribution is 0.402. The van der Waals surface area contributed by atoms with E-state index in [0.717, 1.165) is 55.0 Å². The molecular formula is C23H32ClN5O. The minimum Gasteiger partial charge on any atom is -0.495 e. The van der Waals surface area contributed by atoms with Crippen molar-refractivity contribution < 1.29 is 4.74 Å². The molecule has 0 aromatic heterocycles. The van der Waals surface area contributed by atoms with Gasteiger partial charge < -0.3 is 25.2 Å². The van der Waals surface area contributed by atoms with Crippen LogP contribution in [0.15, 0.2) is 47.5 Å². The molecule has 0 bridgehead atoms. The number of hydrogen-bond donors (Lipinski definition) is 2. The maximum Gasteiger partial charge on any atom is 0.191 e. The lowest BCUT2D eigenvalue weighted by Gasteiger charge is -2.22. The van der Waals surface area contributed by atoms with Crippen molar-refractivity contribution in [1.82, 2.24) is 15.5 Å². The van der Waals surface area contributed by atoms with Gasteiger partial charge in [0.25, 0.3) is 0 Å². The highest BCUT2D eigenvalue weighted by molar-refractivity contribution is 6.30. The molecule has 0 radical (unpaired) electrons. The van der Waals surface area contributed by atoms with Crippen LogP contribution in [0, 0.1) is 0 Å². The van der Waals surface area contributed by atoms with Gasteiger partial charge >= 0.3 is 0 Å². The summed E-state index contributed by atoms with van der Waals surface area (Å²) in [5, 5.41) is 7.68. The summed E-state index contributed by atoms with van der Waals surface area (Å²) in [6, 6.07) is 14.7. The van der Waals surface area contributed by atoms with Gasteiger partial charge in [-0.25, -0.2) is 0 Å². The summed E-state index contributed by atoms with van der Waals surface area (Å²) in [5.74, 6) is 1.66. The van der Waals surface area contributed by atoms with E-state index in [1.165, 1.54) is 11.1 Å². The number of benzene rings is 2. The number of anilines is 1. The number of nitrogens with zero attached hydrogens (tertiary/aromatic N) is 3. The molecule has 2 N–H and O–H groups in total. The van der Waals surface area contributed by atoms with Gasteiger partial charge in [0.05, 0.1) is 12.8 Å². The molecule has 0 saturated carbocycles. The third-order valence-corrected chi connectivity index (χ3v) is 5.45. The van der Waals surface area contributed by atoms with E-state index in [9.17, 15) is 0 Å². The van der Waals surface area contributed by atoms with Crippen LogP contribution in [0.3, 0.4) is 0 Å². The summed E-state index contributed by atoms with van der Waals surface area (Å²) in [7, 11) is 7.66. The molecular weight excluding hydrogens is 398 g/mol. The summed E-state index contributed by atoms with van der Waals surface area (Å²) in [6.07, 6.45) is 1.02. The molecule has 1 fully saturated rings. The molecule has 0 spiro atoms. The van der Waals surface area contributed by atoms with E-state index in [-0.39, 0.29) is 0 Å². The summed E-state index contributed by atoms with van der Waals surface area (Å²) in [4.78, 5) is 8.87. The lowest BCUT2D eigenvalue weighted by Crippen LogP contribution is -2.44. The summed E-state index contributed by atoms with van der Waals surface area (Å²) in [5.41, 5.74) is 3.58. The Balaban J connectivity index is 1.53. The molecule has 1 unspecified atom stereocenters. The largest absolute Gasteiger partial charge is 0.495 e. The molecule has 162 valence electrons. The Hall–Kier alpha value is -2.44. The van der Waals surface area contributed by atoms with Crippen molar-refractivity contribution in [1.29, 1.82) is 0 Å². The SMILES string of the molecule is CN=C(NCc1ccc(CN(C)C)cc1)NC1CCN(c2cc(Cl)ccc2OC)C1. The Kier molecular flexibility index (Phi) is 7.82. The number of methoxy groups -OCH3 is 1. The molecule has 0 amide bonds. The van der Waals surface area contributed by atoms with E-state index in [1.807, 2.05) is 25.2 Å². The third-order valence-electron chi connectivity index (χ3n) is 5.22. The Labute approximate surface area is 184 Å². The van der Waals surface area contributed by atoms with Gasteiger partial charge in [0, 0.05) is 44.3 Å². The lowest BCUT2D eigenvalue weighted by atomic mass is 10.1. The first-order chi connectivity index (χ1) is 14.5. The first kappa shape index (κ1) is 22.2. The second kappa shape index (κ2) is 10.5. The summed E-state index contributed by atoms with van der Waals surface area (Å²) < 4.78 is 5.51. The average Bonchev–Trinajstić information content (AvgIpc) is 3.20. The van der Waals surface area contributed by atoms with Crippen molar-refractivity contribution in [3.8, 4) is 5.75 Å². The fourth-order valence-electron chi connectivity index (χ4n) is 3.71. The van der Waals surface area contributed by atoms with Gasteiger partial charge in [0.15, 0.2) is 5.96 Å². The van der Waals surface area contributed by atoms with Gasteiger partial charge in [0.2, 0.25) is 0 Å². The van der Waals surface area contributed by atoms with E-state index < -0.39 is 0 Å². The summed E-state index contributed by atoms with van der Waals surface area (Å²) >= 11 is 6.20. The van der Waals surface area contributed by atoms with E-state index in [4.69, 9.17) is 16.3 Å². The molecule has 1 heterocycles.